The molecule has 0 unspecified atom stereocenters. The molecule has 0 amide bonds. The smallest absolute Gasteiger partial charge is 0.234 e. The maximum absolute atomic E-state index is 5.39. The SMILES string of the molecule is Cc1ccccc1-c1c(-c2ccccc2)nc(-c2ccc3c(c2)C(C)(C)c2ccccc2-3)c(C)[n+]1C. The van der Waals surface area contributed by atoms with Crippen molar-refractivity contribution in [1.29, 1.82) is 0 Å². The standard InChI is InChI=1S/C34H31N2/c1-22-13-9-10-16-26(22)33-32(24-14-7-6-8-15-24)35-31(23(2)36(33)5)25-19-20-28-27-17-11-12-18-29(27)34(3,4)30(28)21-25/h6-21H,1-5H3/q+1. The molecule has 2 heteroatoms. The Kier molecular flexibility index (Phi) is 5.15. The molecule has 1 aliphatic rings. The van der Waals surface area contributed by atoms with Crippen molar-refractivity contribution in [1.82, 2.24) is 4.98 Å². The second kappa shape index (κ2) is 8.27. The molecule has 6 rings (SSSR count). The molecule has 0 saturated carbocycles. The number of aryl methyl sites for hydroxylation is 1. The predicted molar refractivity (Wildman–Crippen MR) is 149 cm³/mol. The highest BCUT2D eigenvalue weighted by molar-refractivity contribution is 5.84. The zero-order valence-electron chi connectivity index (χ0n) is 21.6. The van der Waals surface area contributed by atoms with Crippen molar-refractivity contribution in [3.05, 3.63) is 119 Å². The van der Waals surface area contributed by atoms with Gasteiger partial charge in [-0.05, 0) is 46.9 Å². The highest BCUT2D eigenvalue weighted by atomic mass is 15.0. The highest BCUT2D eigenvalue weighted by Crippen LogP contribution is 2.49. The summed E-state index contributed by atoms with van der Waals surface area (Å²) in [6, 6.07) is 34.8. The second-order valence-electron chi connectivity index (χ2n) is 10.4. The third kappa shape index (κ3) is 3.32. The molecule has 0 fully saturated rings. The lowest BCUT2D eigenvalue weighted by Gasteiger charge is -2.22. The van der Waals surface area contributed by atoms with Crippen molar-refractivity contribution in [3.63, 3.8) is 0 Å². The minimum Gasteiger partial charge on any atom is -0.234 e. The summed E-state index contributed by atoms with van der Waals surface area (Å²) >= 11 is 0. The fourth-order valence-corrected chi connectivity index (χ4v) is 5.80. The van der Waals surface area contributed by atoms with Gasteiger partial charge in [0.25, 0.3) is 0 Å². The van der Waals surface area contributed by atoms with Crippen molar-refractivity contribution in [2.24, 2.45) is 7.05 Å². The van der Waals surface area contributed by atoms with Crippen LogP contribution >= 0.6 is 0 Å². The van der Waals surface area contributed by atoms with Crippen LogP contribution in [0.3, 0.4) is 0 Å². The molecule has 4 aromatic carbocycles. The molecule has 0 radical (unpaired) electrons. The Hall–Kier alpha value is -4.04. The maximum Gasteiger partial charge on any atom is 0.239 e. The van der Waals surface area contributed by atoms with Crippen LogP contribution < -0.4 is 4.57 Å². The van der Waals surface area contributed by atoms with Gasteiger partial charge in [-0.15, -0.1) is 0 Å². The van der Waals surface area contributed by atoms with Crippen molar-refractivity contribution < 1.29 is 4.57 Å². The van der Waals surface area contributed by atoms with Crippen LogP contribution in [0, 0.1) is 13.8 Å². The van der Waals surface area contributed by atoms with Crippen molar-refractivity contribution >= 4 is 0 Å². The van der Waals surface area contributed by atoms with E-state index in [0.29, 0.717) is 0 Å². The Morgan fingerprint density at radius 1 is 0.611 bits per heavy atom. The fourth-order valence-electron chi connectivity index (χ4n) is 5.80. The number of nitrogens with zero attached hydrogens (tertiary/aromatic N) is 2. The van der Waals surface area contributed by atoms with Crippen LogP contribution in [0.4, 0.5) is 0 Å². The van der Waals surface area contributed by atoms with Gasteiger partial charge in [0.05, 0.1) is 5.56 Å². The third-order valence-corrected chi connectivity index (χ3v) is 7.93. The molecule has 36 heavy (non-hydrogen) atoms. The molecule has 0 N–H and O–H groups in total. The Morgan fingerprint density at radius 2 is 1.25 bits per heavy atom. The molecule has 1 aliphatic carbocycles. The van der Waals surface area contributed by atoms with E-state index in [0.717, 1.165) is 33.9 Å². The van der Waals surface area contributed by atoms with Crippen LogP contribution in [-0.4, -0.2) is 4.98 Å². The molecule has 0 bridgehead atoms. The maximum atomic E-state index is 5.39. The van der Waals surface area contributed by atoms with Gasteiger partial charge < -0.3 is 0 Å². The van der Waals surface area contributed by atoms with E-state index >= 15 is 0 Å². The summed E-state index contributed by atoms with van der Waals surface area (Å²) in [5.74, 6) is 0. The summed E-state index contributed by atoms with van der Waals surface area (Å²) in [6.45, 7) is 9.02. The van der Waals surface area contributed by atoms with Crippen molar-refractivity contribution in [2.75, 3.05) is 0 Å². The largest absolute Gasteiger partial charge is 0.239 e. The minimum absolute atomic E-state index is 0.0403. The van der Waals surface area contributed by atoms with Gasteiger partial charge in [0.15, 0.2) is 0 Å². The fraction of sp³-hybridized carbons (Fsp3) is 0.176. The number of rotatable bonds is 3. The number of benzene rings is 4. The monoisotopic (exact) mass is 467 g/mol. The summed E-state index contributed by atoms with van der Waals surface area (Å²) in [5, 5.41) is 0. The number of hydrogen-bond donors (Lipinski definition) is 0. The van der Waals surface area contributed by atoms with Crippen LogP contribution in [0.1, 0.15) is 36.2 Å². The Balaban J connectivity index is 1.60. The average Bonchev–Trinajstić information content (AvgIpc) is 3.13. The summed E-state index contributed by atoms with van der Waals surface area (Å²) < 4.78 is 2.32. The number of fused-ring (bicyclic) bond motifs is 3. The lowest BCUT2D eigenvalue weighted by Crippen LogP contribution is -2.37. The first-order valence-corrected chi connectivity index (χ1v) is 12.6. The van der Waals surface area contributed by atoms with E-state index in [9.17, 15) is 0 Å². The quantitative estimate of drug-likeness (QED) is 0.247. The van der Waals surface area contributed by atoms with Crippen LogP contribution in [0.5, 0.6) is 0 Å². The molecular formula is C34H31N2+. The van der Waals surface area contributed by atoms with E-state index < -0.39 is 0 Å². The van der Waals surface area contributed by atoms with Crippen LogP contribution in [-0.2, 0) is 12.5 Å². The topological polar surface area (TPSA) is 16.8 Å². The minimum atomic E-state index is -0.0403. The Labute approximate surface area is 213 Å². The average molecular weight is 468 g/mol. The first kappa shape index (κ1) is 22.4. The normalized spacial score (nSPS) is 13.4. The first-order chi connectivity index (χ1) is 17.4. The molecule has 1 aromatic heterocycles. The summed E-state index contributed by atoms with van der Waals surface area (Å²) in [6.07, 6.45) is 0. The lowest BCUT2D eigenvalue weighted by molar-refractivity contribution is -0.666. The van der Waals surface area contributed by atoms with Gasteiger partial charge in [0.2, 0.25) is 11.4 Å². The van der Waals surface area contributed by atoms with Gasteiger partial charge in [-0.1, -0.05) is 98.8 Å². The molecule has 0 saturated heterocycles. The Morgan fingerprint density at radius 3 is 2.00 bits per heavy atom. The van der Waals surface area contributed by atoms with E-state index in [1.54, 1.807) is 0 Å². The molecule has 0 spiro atoms. The number of aromatic nitrogens is 2. The number of hydrogen-bond acceptors (Lipinski definition) is 1. The molecule has 1 heterocycles. The highest BCUT2D eigenvalue weighted by Gasteiger charge is 2.36. The molecule has 0 atom stereocenters. The van der Waals surface area contributed by atoms with Crippen molar-refractivity contribution in [3.8, 4) is 44.9 Å². The predicted octanol–water partition coefficient (Wildman–Crippen LogP) is 7.83. The molecule has 176 valence electrons. The van der Waals surface area contributed by atoms with E-state index in [2.05, 4.69) is 136 Å². The first-order valence-electron chi connectivity index (χ1n) is 12.6. The van der Waals surface area contributed by atoms with Crippen LogP contribution in [0.2, 0.25) is 0 Å². The summed E-state index contributed by atoms with van der Waals surface area (Å²) in [7, 11) is 2.17. The van der Waals surface area contributed by atoms with E-state index in [-0.39, 0.29) is 5.41 Å². The molecule has 5 aromatic rings. The van der Waals surface area contributed by atoms with Gasteiger partial charge in [-0.2, -0.15) is 4.57 Å². The lowest BCUT2D eigenvalue weighted by atomic mass is 9.82. The zero-order chi connectivity index (χ0) is 25.0. The van der Waals surface area contributed by atoms with Crippen LogP contribution in [0.15, 0.2) is 97.1 Å². The molecule has 2 nitrogen and oxygen atoms in total. The zero-order valence-corrected chi connectivity index (χ0v) is 21.6. The Bertz CT molecular complexity index is 1630. The third-order valence-electron chi connectivity index (χ3n) is 7.93. The van der Waals surface area contributed by atoms with Gasteiger partial charge in [0, 0.05) is 23.5 Å². The molecule has 0 aliphatic heterocycles. The van der Waals surface area contributed by atoms with Gasteiger partial charge >= 0.3 is 0 Å². The van der Waals surface area contributed by atoms with E-state index in [1.807, 2.05) is 0 Å². The van der Waals surface area contributed by atoms with E-state index in [1.165, 1.54) is 33.4 Å². The molecular weight excluding hydrogens is 436 g/mol. The van der Waals surface area contributed by atoms with Gasteiger partial charge in [0.1, 0.15) is 18.4 Å². The summed E-state index contributed by atoms with van der Waals surface area (Å²) in [4.78, 5) is 5.39. The van der Waals surface area contributed by atoms with Crippen molar-refractivity contribution in [2.45, 2.75) is 33.1 Å². The van der Waals surface area contributed by atoms with Crippen LogP contribution in [0.25, 0.3) is 44.9 Å². The summed E-state index contributed by atoms with van der Waals surface area (Å²) in [5.41, 5.74) is 14.5. The van der Waals surface area contributed by atoms with Gasteiger partial charge in [-0.25, -0.2) is 4.98 Å². The second-order valence-corrected chi connectivity index (χ2v) is 10.4. The van der Waals surface area contributed by atoms with Gasteiger partial charge in [-0.3, -0.25) is 0 Å². The van der Waals surface area contributed by atoms with E-state index in [4.69, 9.17) is 4.98 Å².